The summed E-state index contributed by atoms with van der Waals surface area (Å²) >= 11 is 7.39. The summed E-state index contributed by atoms with van der Waals surface area (Å²) in [6.45, 7) is 3.93. The second-order valence-corrected chi connectivity index (χ2v) is 7.35. The van der Waals surface area contributed by atoms with Gasteiger partial charge in [-0.1, -0.05) is 18.5 Å². The van der Waals surface area contributed by atoms with Gasteiger partial charge in [0.1, 0.15) is 11.5 Å². The lowest BCUT2D eigenvalue weighted by Gasteiger charge is -2.16. The number of phenolic OH excluding ortho intramolecular Hbond substituents is 1. The van der Waals surface area contributed by atoms with Crippen LogP contribution in [-0.4, -0.2) is 16.8 Å². The van der Waals surface area contributed by atoms with E-state index in [1.165, 1.54) is 11.8 Å². The molecule has 26 heavy (non-hydrogen) atoms. The number of aromatic hydroxyl groups is 1. The third kappa shape index (κ3) is 3.74. The number of hydrogen-bond acceptors (Lipinski definition) is 4. The average Bonchev–Trinajstić information content (AvgIpc) is 3.14. The van der Waals surface area contributed by atoms with E-state index in [2.05, 4.69) is 5.32 Å². The van der Waals surface area contributed by atoms with Gasteiger partial charge in [0.05, 0.1) is 11.8 Å². The molecule has 3 aromatic rings. The number of nitrogens with one attached hydrogen (secondary N) is 1. The summed E-state index contributed by atoms with van der Waals surface area (Å²) in [5.41, 5.74) is 2.54. The highest BCUT2D eigenvalue weighted by molar-refractivity contribution is 7.99. The summed E-state index contributed by atoms with van der Waals surface area (Å²) in [4.78, 5) is 13.6. The lowest BCUT2D eigenvalue weighted by molar-refractivity contribution is 0.102. The highest BCUT2D eigenvalue weighted by Gasteiger charge is 2.22. The number of rotatable bonds is 5. The predicted molar refractivity (Wildman–Crippen MR) is 106 cm³/mol. The van der Waals surface area contributed by atoms with Crippen LogP contribution >= 0.6 is 23.4 Å². The van der Waals surface area contributed by atoms with Crippen molar-refractivity contribution in [1.82, 2.24) is 0 Å². The SMILES string of the molecule is CCSc1c(C)c(-c2ccco2)cc(O)c1C(=O)Nc1ccc(Cl)cc1. The van der Waals surface area contributed by atoms with E-state index in [1.807, 2.05) is 19.9 Å². The van der Waals surface area contributed by atoms with Gasteiger partial charge < -0.3 is 14.8 Å². The van der Waals surface area contributed by atoms with Crippen molar-refractivity contribution < 1.29 is 14.3 Å². The van der Waals surface area contributed by atoms with Crippen LogP contribution in [0.25, 0.3) is 11.3 Å². The van der Waals surface area contributed by atoms with Crippen LogP contribution in [0.4, 0.5) is 5.69 Å². The third-order valence-electron chi connectivity index (χ3n) is 3.91. The minimum absolute atomic E-state index is 0.0792. The van der Waals surface area contributed by atoms with Crippen LogP contribution in [0.5, 0.6) is 5.75 Å². The molecule has 2 N–H and O–H groups in total. The van der Waals surface area contributed by atoms with E-state index >= 15 is 0 Å². The third-order valence-corrected chi connectivity index (χ3v) is 5.25. The van der Waals surface area contributed by atoms with Gasteiger partial charge in [0.25, 0.3) is 5.91 Å². The fourth-order valence-electron chi connectivity index (χ4n) is 2.70. The van der Waals surface area contributed by atoms with Gasteiger partial charge in [0.2, 0.25) is 0 Å². The molecule has 134 valence electrons. The topological polar surface area (TPSA) is 62.5 Å². The highest BCUT2D eigenvalue weighted by atomic mass is 35.5. The molecule has 0 radical (unpaired) electrons. The van der Waals surface area contributed by atoms with E-state index < -0.39 is 0 Å². The van der Waals surface area contributed by atoms with Crippen LogP contribution in [0, 0.1) is 6.92 Å². The number of benzene rings is 2. The zero-order valence-corrected chi connectivity index (χ0v) is 15.9. The van der Waals surface area contributed by atoms with Gasteiger partial charge in [-0.2, -0.15) is 0 Å². The maximum Gasteiger partial charge on any atom is 0.260 e. The van der Waals surface area contributed by atoms with Gasteiger partial charge in [-0.15, -0.1) is 11.8 Å². The monoisotopic (exact) mass is 387 g/mol. The van der Waals surface area contributed by atoms with E-state index in [1.54, 1.807) is 42.7 Å². The summed E-state index contributed by atoms with van der Waals surface area (Å²) in [6.07, 6.45) is 1.58. The molecule has 0 saturated carbocycles. The number of furan rings is 1. The quantitative estimate of drug-likeness (QED) is 0.529. The average molecular weight is 388 g/mol. The zero-order valence-electron chi connectivity index (χ0n) is 14.4. The molecule has 3 rings (SSSR count). The van der Waals surface area contributed by atoms with Crippen LogP contribution in [-0.2, 0) is 0 Å². The van der Waals surface area contributed by atoms with Crippen LogP contribution in [0.3, 0.4) is 0 Å². The lowest BCUT2D eigenvalue weighted by atomic mass is 10.0. The molecule has 0 spiro atoms. The molecule has 0 bridgehead atoms. The Balaban J connectivity index is 2.04. The lowest BCUT2D eigenvalue weighted by Crippen LogP contribution is -2.14. The van der Waals surface area contributed by atoms with Crippen molar-refractivity contribution in [3.63, 3.8) is 0 Å². The van der Waals surface area contributed by atoms with Crippen molar-refractivity contribution in [3.05, 3.63) is 64.9 Å². The smallest absolute Gasteiger partial charge is 0.260 e. The standard InChI is InChI=1S/C20H18ClNO3S/c1-3-26-19-12(2)15(17-5-4-10-25-17)11-16(23)18(19)20(24)22-14-8-6-13(21)7-9-14/h4-11,23H,3H2,1-2H3,(H,22,24). The van der Waals surface area contributed by atoms with Gasteiger partial charge in [-0.25, -0.2) is 0 Å². The molecule has 6 heteroatoms. The predicted octanol–water partition coefficient (Wildman–Crippen LogP) is 5.98. The molecular formula is C20H18ClNO3S. The van der Waals surface area contributed by atoms with Crippen molar-refractivity contribution >= 4 is 35.0 Å². The molecule has 1 aromatic heterocycles. The number of carbonyl (C=O) groups is 1. The van der Waals surface area contributed by atoms with E-state index in [0.29, 0.717) is 16.5 Å². The Hall–Kier alpha value is -2.37. The molecule has 0 aliphatic rings. The minimum atomic E-state index is -0.366. The Kier molecular flexibility index (Phi) is 5.59. The van der Waals surface area contributed by atoms with E-state index in [4.69, 9.17) is 16.0 Å². The first-order chi connectivity index (χ1) is 12.5. The number of carbonyl (C=O) groups excluding carboxylic acids is 1. The summed E-state index contributed by atoms with van der Waals surface area (Å²) in [7, 11) is 0. The van der Waals surface area contributed by atoms with Crippen LogP contribution in [0.1, 0.15) is 22.8 Å². The van der Waals surface area contributed by atoms with Crippen LogP contribution in [0.15, 0.2) is 58.0 Å². The van der Waals surface area contributed by atoms with Gasteiger partial charge >= 0.3 is 0 Å². The Morgan fingerprint density at radius 2 is 2.00 bits per heavy atom. The molecule has 0 aliphatic heterocycles. The zero-order chi connectivity index (χ0) is 18.7. The van der Waals surface area contributed by atoms with E-state index in [-0.39, 0.29) is 17.2 Å². The number of anilines is 1. The first-order valence-electron chi connectivity index (χ1n) is 8.11. The Bertz CT molecular complexity index is 921. The maximum atomic E-state index is 12.8. The molecule has 4 nitrogen and oxygen atoms in total. The summed E-state index contributed by atoms with van der Waals surface area (Å²) < 4.78 is 5.46. The minimum Gasteiger partial charge on any atom is -0.507 e. The highest BCUT2D eigenvalue weighted by Crippen LogP contribution is 2.39. The number of amides is 1. The fraction of sp³-hybridized carbons (Fsp3) is 0.150. The first kappa shape index (κ1) is 18.4. The molecule has 2 aromatic carbocycles. The summed E-state index contributed by atoms with van der Waals surface area (Å²) in [5.74, 6) is 0.975. The van der Waals surface area contributed by atoms with Crippen LogP contribution < -0.4 is 5.32 Å². The molecule has 1 amide bonds. The fourth-order valence-corrected chi connectivity index (χ4v) is 3.78. The molecule has 0 fully saturated rings. The summed E-state index contributed by atoms with van der Waals surface area (Å²) in [5, 5.41) is 14.0. The number of phenols is 1. The maximum absolute atomic E-state index is 12.8. The molecule has 0 aliphatic carbocycles. The molecular weight excluding hydrogens is 370 g/mol. The van der Waals surface area contributed by atoms with Crippen molar-refractivity contribution in [3.8, 4) is 17.1 Å². The molecule has 0 atom stereocenters. The van der Waals surface area contributed by atoms with E-state index in [9.17, 15) is 9.90 Å². The molecule has 0 saturated heterocycles. The van der Waals surface area contributed by atoms with E-state index in [0.717, 1.165) is 21.8 Å². The number of hydrogen-bond donors (Lipinski definition) is 2. The number of thioether (sulfide) groups is 1. The number of halogens is 1. The molecule has 1 heterocycles. The Labute approximate surface area is 161 Å². The Morgan fingerprint density at radius 3 is 2.62 bits per heavy atom. The second-order valence-electron chi connectivity index (χ2n) is 5.64. The molecule has 0 unspecified atom stereocenters. The van der Waals surface area contributed by atoms with Gasteiger partial charge in [0.15, 0.2) is 0 Å². The first-order valence-corrected chi connectivity index (χ1v) is 9.47. The van der Waals surface area contributed by atoms with Crippen molar-refractivity contribution in [1.29, 1.82) is 0 Å². The van der Waals surface area contributed by atoms with Gasteiger partial charge in [-0.3, -0.25) is 4.79 Å². The van der Waals surface area contributed by atoms with Crippen molar-refractivity contribution in [2.24, 2.45) is 0 Å². The summed E-state index contributed by atoms with van der Waals surface area (Å²) in [6, 6.07) is 12.0. The van der Waals surface area contributed by atoms with Crippen molar-refractivity contribution in [2.75, 3.05) is 11.1 Å². The van der Waals surface area contributed by atoms with Crippen molar-refractivity contribution in [2.45, 2.75) is 18.7 Å². The second kappa shape index (κ2) is 7.89. The van der Waals surface area contributed by atoms with Crippen LogP contribution in [0.2, 0.25) is 5.02 Å². The van der Waals surface area contributed by atoms with Gasteiger partial charge in [0, 0.05) is 21.2 Å². The largest absolute Gasteiger partial charge is 0.507 e. The normalized spacial score (nSPS) is 10.7. The Morgan fingerprint density at radius 1 is 1.27 bits per heavy atom. The van der Waals surface area contributed by atoms with Gasteiger partial charge in [-0.05, 0) is 60.7 Å².